The third-order valence-electron chi connectivity index (χ3n) is 6.56. The monoisotopic (exact) mass is 483 g/mol. The number of amides is 1. The van der Waals surface area contributed by atoms with Gasteiger partial charge in [-0.25, -0.2) is 14.8 Å². The summed E-state index contributed by atoms with van der Waals surface area (Å²) in [4.78, 5) is 37.0. The van der Waals surface area contributed by atoms with Gasteiger partial charge in [-0.1, -0.05) is 26.8 Å². The molecule has 4 bridgehead atoms. The lowest BCUT2D eigenvalue weighted by Crippen LogP contribution is -2.40. The first-order chi connectivity index (χ1) is 15.9. The smallest absolute Gasteiger partial charge is 0.326 e. The van der Waals surface area contributed by atoms with Crippen LogP contribution >= 0.6 is 11.9 Å². The second-order valence-electron chi connectivity index (χ2n) is 10.8. The molecule has 2 aliphatic heterocycles. The first-order valence-electron chi connectivity index (χ1n) is 11.7. The summed E-state index contributed by atoms with van der Waals surface area (Å²) < 4.78 is 2.90. The van der Waals surface area contributed by atoms with E-state index in [0.29, 0.717) is 28.6 Å². The predicted octanol–water partition coefficient (Wildman–Crippen LogP) is 4.48. The summed E-state index contributed by atoms with van der Waals surface area (Å²) >= 11 is 1.11. The number of carbonyl (C=O) groups is 2. The molecule has 9 heteroatoms. The molecule has 4 rings (SSSR count). The lowest BCUT2D eigenvalue weighted by Gasteiger charge is -2.34. The van der Waals surface area contributed by atoms with Crippen molar-refractivity contribution in [2.45, 2.75) is 75.9 Å². The Bertz CT molecular complexity index is 1100. The van der Waals surface area contributed by atoms with Crippen LogP contribution in [0.5, 0.6) is 0 Å². The van der Waals surface area contributed by atoms with Crippen molar-refractivity contribution in [1.82, 2.24) is 14.7 Å². The van der Waals surface area contributed by atoms with E-state index in [9.17, 15) is 14.7 Å². The summed E-state index contributed by atoms with van der Waals surface area (Å²) in [6, 6.07) is 8.38. The maximum atomic E-state index is 13.3. The Kier molecular flexibility index (Phi) is 6.50. The molecular weight excluding hydrogens is 450 g/mol. The number of carboxylic acids is 1. The van der Waals surface area contributed by atoms with Gasteiger partial charge in [-0.15, -0.1) is 0 Å². The van der Waals surface area contributed by atoms with Crippen LogP contribution in [0.2, 0.25) is 0 Å². The van der Waals surface area contributed by atoms with Gasteiger partial charge in [0.05, 0.1) is 5.56 Å². The van der Waals surface area contributed by atoms with Gasteiger partial charge in [-0.05, 0) is 63.3 Å². The van der Waals surface area contributed by atoms with E-state index in [1.165, 1.54) is 0 Å². The molecule has 182 valence electrons. The van der Waals surface area contributed by atoms with Crippen molar-refractivity contribution in [3.63, 3.8) is 0 Å². The van der Waals surface area contributed by atoms with Crippen LogP contribution in [-0.2, 0) is 10.2 Å². The molecule has 2 atom stereocenters. The highest BCUT2D eigenvalue weighted by Gasteiger charge is 2.41. The quantitative estimate of drug-likeness (QED) is 0.510. The lowest BCUT2D eigenvalue weighted by atomic mass is 9.91. The number of aromatic nitrogens is 2. The number of aliphatic carboxylic acids is 1. The number of fused-ring (bicyclic) bond motifs is 6. The van der Waals surface area contributed by atoms with Gasteiger partial charge in [0.15, 0.2) is 0 Å². The van der Waals surface area contributed by atoms with E-state index in [0.717, 1.165) is 37.0 Å². The number of anilines is 2. The highest BCUT2D eigenvalue weighted by atomic mass is 32.2. The Hall–Kier alpha value is -2.81. The molecule has 1 unspecified atom stereocenters. The average molecular weight is 484 g/mol. The third-order valence-corrected chi connectivity index (χ3v) is 7.28. The maximum absolute atomic E-state index is 13.3. The molecular formula is C25H33N5O3S. The van der Waals surface area contributed by atoms with Crippen molar-refractivity contribution >= 4 is 35.5 Å². The van der Waals surface area contributed by atoms with Gasteiger partial charge >= 0.3 is 5.97 Å². The molecule has 2 aliphatic rings. The number of nitrogens with zero attached hydrogens (tertiary/aromatic N) is 3. The van der Waals surface area contributed by atoms with Crippen LogP contribution in [0.3, 0.4) is 0 Å². The van der Waals surface area contributed by atoms with Crippen molar-refractivity contribution < 1.29 is 14.7 Å². The van der Waals surface area contributed by atoms with E-state index in [-0.39, 0.29) is 22.8 Å². The van der Waals surface area contributed by atoms with Crippen LogP contribution in [0.25, 0.3) is 0 Å². The minimum atomic E-state index is -0.895. The summed E-state index contributed by atoms with van der Waals surface area (Å²) in [5, 5.41) is 13.4. The van der Waals surface area contributed by atoms with E-state index in [4.69, 9.17) is 4.98 Å². The predicted molar refractivity (Wildman–Crippen MR) is 134 cm³/mol. The highest BCUT2D eigenvalue weighted by Crippen LogP contribution is 2.40. The standard InChI is InChI=1S/C25H33N5O3S/c1-24(2,3)18-12-10-16-21(27-18)30-14-15(13-25(30,4)5)9-11-17(23(32)33)26-19-7-6-8-20(28-19)34-29-22(16)31/h6-8,10,12,15,17H,9,11,13-14H2,1-5H3,(H,26,28)(H,29,31)(H,32,33)/t15-,17?/m0/s1. The first-order valence-corrected chi connectivity index (χ1v) is 12.5. The molecule has 0 radical (unpaired) electrons. The van der Waals surface area contributed by atoms with Crippen LogP contribution in [0.1, 0.15) is 69.9 Å². The van der Waals surface area contributed by atoms with Gasteiger partial charge < -0.3 is 15.3 Å². The Morgan fingerprint density at radius 2 is 1.94 bits per heavy atom. The fourth-order valence-electron chi connectivity index (χ4n) is 4.75. The van der Waals surface area contributed by atoms with E-state index in [1.54, 1.807) is 18.2 Å². The number of nitrogens with one attached hydrogen (secondary N) is 2. The summed E-state index contributed by atoms with van der Waals surface area (Å²) in [7, 11) is 0. The van der Waals surface area contributed by atoms with Gasteiger partial charge in [-0.2, -0.15) is 0 Å². The zero-order chi connectivity index (χ0) is 24.7. The highest BCUT2D eigenvalue weighted by molar-refractivity contribution is 7.97. The van der Waals surface area contributed by atoms with E-state index in [1.807, 2.05) is 12.1 Å². The number of carboxylic acid groups (broad SMARTS) is 1. The molecule has 34 heavy (non-hydrogen) atoms. The molecule has 4 heterocycles. The van der Waals surface area contributed by atoms with Crippen molar-refractivity contribution in [2.24, 2.45) is 5.92 Å². The minimum absolute atomic E-state index is 0.161. The maximum Gasteiger partial charge on any atom is 0.326 e. The van der Waals surface area contributed by atoms with Crippen molar-refractivity contribution in [2.75, 3.05) is 16.8 Å². The fraction of sp³-hybridized carbons (Fsp3) is 0.520. The summed E-state index contributed by atoms with van der Waals surface area (Å²) in [6.45, 7) is 11.4. The van der Waals surface area contributed by atoms with Crippen molar-refractivity contribution in [3.05, 3.63) is 41.6 Å². The van der Waals surface area contributed by atoms with Crippen LogP contribution in [-0.4, -0.2) is 45.1 Å². The Morgan fingerprint density at radius 1 is 1.18 bits per heavy atom. The van der Waals surface area contributed by atoms with Crippen LogP contribution in [0.4, 0.5) is 11.6 Å². The largest absolute Gasteiger partial charge is 0.480 e. The molecule has 0 aliphatic carbocycles. The van der Waals surface area contributed by atoms with Gasteiger partial charge in [0.2, 0.25) is 0 Å². The first kappa shape index (κ1) is 24.3. The summed E-state index contributed by atoms with van der Waals surface area (Å²) in [5.74, 6) is 0.321. The molecule has 1 amide bonds. The molecule has 3 N–H and O–H groups in total. The van der Waals surface area contributed by atoms with Gasteiger partial charge in [-0.3, -0.25) is 9.52 Å². The second kappa shape index (κ2) is 9.09. The number of hydrogen-bond donors (Lipinski definition) is 3. The van der Waals surface area contributed by atoms with Crippen LogP contribution in [0.15, 0.2) is 35.4 Å². The molecule has 1 fully saturated rings. The molecule has 1 saturated heterocycles. The van der Waals surface area contributed by atoms with E-state index < -0.39 is 12.0 Å². The molecule has 0 aromatic carbocycles. The van der Waals surface area contributed by atoms with E-state index >= 15 is 0 Å². The number of rotatable bonds is 1. The molecule has 2 aromatic rings. The normalized spacial score (nSPS) is 22.6. The Morgan fingerprint density at radius 3 is 2.65 bits per heavy atom. The zero-order valence-electron chi connectivity index (χ0n) is 20.4. The number of pyridine rings is 2. The molecule has 2 aromatic heterocycles. The number of carbonyl (C=O) groups excluding carboxylic acids is 1. The molecule has 8 nitrogen and oxygen atoms in total. The molecule has 0 saturated carbocycles. The van der Waals surface area contributed by atoms with Crippen LogP contribution in [0, 0.1) is 5.92 Å². The zero-order valence-corrected chi connectivity index (χ0v) is 21.2. The summed E-state index contributed by atoms with van der Waals surface area (Å²) in [5.41, 5.74) is 1.08. The Balaban J connectivity index is 1.77. The Labute approximate surface area is 205 Å². The molecule has 0 spiro atoms. The lowest BCUT2D eigenvalue weighted by molar-refractivity contribution is -0.138. The second-order valence-corrected chi connectivity index (χ2v) is 11.6. The van der Waals surface area contributed by atoms with Crippen molar-refractivity contribution in [1.29, 1.82) is 0 Å². The fourth-order valence-corrected chi connectivity index (χ4v) is 5.34. The van der Waals surface area contributed by atoms with Gasteiger partial charge in [0, 0.05) is 35.1 Å². The van der Waals surface area contributed by atoms with Crippen molar-refractivity contribution in [3.8, 4) is 0 Å². The average Bonchev–Trinajstić information content (AvgIpc) is 3.07. The number of hydrogen-bond acceptors (Lipinski definition) is 7. The topological polar surface area (TPSA) is 107 Å². The van der Waals surface area contributed by atoms with Gasteiger partial charge in [0.25, 0.3) is 5.91 Å². The third kappa shape index (κ3) is 5.14. The van der Waals surface area contributed by atoms with E-state index in [2.05, 4.69) is 54.5 Å². The van der Waals surface area contributed by atoms with Gasteiger partial charge in [0.1, 0.15) is 22.7 Å². The minimum Gasteiger partial charge on any atom is -0.480 e. The van der Waals surface area contributed by atoms with Crippen LogP contribution < -0.4 is 14.9 Å². The summed E-state index contributed by atoms with van der Waals surface area (Å²) in [6.07, 6.45) is 2.13. The SMILES string of the molecule is CC(C)(C)c1ccc2c(n1)N1C[C@@H](CCC(C(=O)O)Nc3cccc(n3)SNC2=O)CC1(C)C.